The third-order valence-corrected chi connectivity index (χ3v) is 9.16. The Morgan fingerprint density at radius 3 is 2.46 bits per heavy atom. The van der Waals surface area contributed by atoms with Gasteiger partial charge in [0.25, 0.3) is 0 Å². The molecule has 2 N–H and O–H groups in total. The molecule has 1 saturated carbocycles. The van der Waals surface area contributed by atoms with Gasteiger partial charge in [-0.2, -0.15) is 5.21 Å². The van der Waals surface area contributed by atoms with Crippen LogP contribution >= 0.6 is 0 Å². The predicted octanol–water partition coefficient (Wildman–Crippen LogP) is 8.31. The van der Waals surface area contributed by atoms with E-state index in [9.17, 15) is 4.79 Å². The van der Waals surface area contributed by atoms with E-state index in [0.717, 1.165) is 97.1 Å². The van der Waals surface area contributed by atoms with E-state index in [1.54, 1.807) is 0 Å². The number of hydrogen-bond acceptors (Lipinski definition) is 5. The van der Waals surface area contributed by atoms with E-state index < -0.39 is 0 Å². The quantitative estimate of drug-likeness (QED) is 0.129. The van der Waals surface area contributed by atoms with Crippen LogP contribution in [0.15, 0.2) is 66.7 Å². The van der Waals surface area contributed by atoms with Crippen LogP contribution in [-0.4, -0.2) is 48.8 Å². The highest BCUT2D eigenvalue weighted by Gasteiger charge is 2.22. The molecule has 5 aromatic rings. The Morgan fingerprint density at radius 1 is 0.935 bits per heavy atom. The summed E-state index contributed by atoms with van der Waals surface area (Å²) in [6, 6.07) is 23.5. The fraction of sp³-hybridized carbons (Fsp3) is 0.432. The highest BCUT2D eigenvalue weighted by molar-refractivity contribution is 5.94. The number of benzene rings is 3. The first kappa shape index (κ1) is 31.5. The number of aromatic nitrogens is 6. The first-order valence-electron chi connectivity index (χ1n) is 17.1. The summed E-state index contributed by atoms with van der Waals surface area (Å²) < 4.78 is 2.35. The van der Waals surface area contributed by atoms with E-state index in [1.807, 2.05) is 23.1 Å². The Hall–Kier alpha value is -4.53. The van der Waals surface area contributed by atoms with Crippen LogP contribution in [0.1, 0.15) is 89.4 Å². The van der Waals surface area contributed by atoms with Gasteiger partial charge < -0.3 is 9.88 Å². The van der Waals surface area contributed by atoms with Crippen molar-refractivity contribution in [3.63, 3.8) is 0 Å². The highest BCUT2D eigenvalue weighted by Crippen LogP contribution is 2.31. The van der Waals surface area contributed by atoms with Crippen LogP contribution in [0.4, 0.5) is 10.5 Å². The second-order valence-corrected chi connectivity index (χ2v) is 12.5. The molecule has 1 aliphatic carbocycles. The van der Waals surface area contributed by atoms with Crippen molar-refractivity contribution in [2.24, 2.45) is 0 Å². The summed E-state index contributed by atoms with van der Waals surface area (Å²) in [7, 11) is 0. The smallest absolute Gasteiger partial charge is 0.322 e. The Labute approximate surface area is 271 Å². The average molecular weight is 619 g/mol. The van der Waals surface area contributed by atoms with Gasteiger partial charge in [0.05, 0.1) is 11.0 Å². The number of rotatable bonds is 13. The van der Waals surface area contributed by atoms with Crippen LogP contribution in [0.2, 0.25) is 0 Å². The number of nitrogens with zero attached hydrogens (tertiary/aromatic N) is 6. The molecule has 2 heterocycles. The van der Waals surface area contributed by atoms with Crippen molar-refractivity contribution in [3.05, 3.63) is 78.1 Å². The van der Waals surface area contributed by atoms with Crippen LogP contribution in [0.25, 0.3) is 33.5 Å². The van der Waals surface area contributed by atoms with E-state index in [1.165, 1.54) is 24.8 Å². The maximum atomic E-state index is 13.6. The van der Waals surface area contributed by atoms with Crippen LogP contribution in [0.5, 0.6) is 0 Å². The molecule has 9 nitrogen and oxygen atoms in total. The van der Waals surface area contributed by atoms with Crippen molar-refractivity contribution in [3.8, 4) is 22.5 Å². The van der Waals surface area contributed by atoms with Gasteiger partial charge in [-0.05, 0) is 65.8 Å². The topological polar surface area (TPSA) is 105 Å². The lowest BCUT2D eigenvalue weighted by molar-refractivity contribution is 0.238. The minimum absolute atomic E-state index is 0.0222. The summed E-state index contributed by atoms with van der Waals surface area (Å²) in [5.74, 6) is 1.67. The van der Waals surface area contributed by atoms with E-state index >= 15 is 0 Å². The van der Waals surface area contributed by atoms with Crippen molar-refractivity contribution in [1.82, 2.24) is 35.5 Å². The molecule has 1 fully saturated rings. The summed E-state index contributed by atoms with van der Waals surface area (Å²) in [6.45, 7) is 5.86. The average Bonchev–Trinajstić information content (AvgIpc) is 3.75. The molecule has 0 aliphatic heterocycles. The van der Waals surface area contributed by atoms with Crippen LogP contribution in [0.3, 0.4) is 0 Å². The van der Waals surface area contributed by atoms with Crippen molar-refractivity contribution < 1.29 is 4.79 Å². The van der Waals surface area contributed by atoms with E-state index in [0.29, 0.717) is 12.4 Å². The lowest BCUT2D eigenvalue weighted by Crippen LogP contribution is -2.46. The Bertz CT molecular complexity index is 1700. The molecule has 1 aliphatic rings. The van der Waals surface area contributed by atoms with Gasteiger partial charge in [0, 0.05) is 36.8 Å². The molecule has 2 aromatic heterocycles. The number of hydrogen-bond donors (Lipinski definition) is 2. The molecule has 0 atom stereocenters. The maximum Gasteiger partial charge on any atom is 0.322 e. The molecule has 46 heavy (non-hydrogen) atoms. The summed E-state index contributed by atoms with van der Waals surface area (Å²) in [4.78, 5) is 20.7. The predicted molar refractivity (Wildman–Crippen MR) is 185 cm³/mol. The molecule has 6 rings (SSSR count). The maximum absolute atomic E-state index is 13.6. The zero-order valence-corrected chi connectivity index (χ0v) is 27.2. The van der Waals surface area contributed by atoms with Crippen molar-refractivity contribution in [2.75, 3.05) is 11.4 Å². The van der Waals surface area contributed by atoms with Crippen molar-refractivity contribution in [1.29, 1.82) is 0 Å². The number of amides is 2. The lowest BCUT2D eigenvalue weighted by atomic mass is 9.96. The second kappa shape index (κ2) is 15.2. The van der Waals surface area contributed by atoms with Gasteiger partial charge in [0.1, 0.15) is 5.82 Å². The van der Waals surface area contributed by atoms with Gasteiger partial charge >= 0.3 is 6.03 Å². The summed E-state index contributed by atoms with van der Waals surface area (Å²) in [5.41, 5.74) is 7.28. The number of aryl methyl sites for hydroxylation is 1. The Kier molecular flexibility index (Phi) is 10.4. The molecule has 0 bridgehead atoms. The lowest BCUT2D eigenvalue weighted by Gasteiger charge is -2.28. The fourth-order valence-corrected chi connectivity index (χ4v) is 6.58. The van der Waals surface area contributed by atoms with Crippen LogP contribution < -0.4 is 10.2 Å². The number of urea groups is 1. The number of H-pyrrole nitrogens is 1. The SMILES string of the molecule is CCCCCN(C(=O)NC1CCCCC1)c1ccc2c(c1)nc(CCCC)n2Cc1ccc(-c2ccccc2-c2nn[nH]n2)cc1. The monoisotopic (exact) mass is 618 g/mol. The van der Waals surface area contributed by atoms with Crippen molar-refractivity contribution in [2.45, 2.75) is 97.1 Å². The largest absolute Gasteiger partial charge is 0.335 e. The molecule has 0 spiro atoms. The molecule has 240 valence electrons. The number of unbranched alkanes of at least 4 members (excludes halogenated alkanes) is 3. The van der Waals surface area contributed by atoms with Gasteiger partial charge in [-0.1, -0.05) is 101 Å². The number of tetrazole rings is 1. The minimum atomic E-state index is 0.0222. The van der Waals surface area contributed by atoms with Crippen LogP contribution in [-0.2, 0) is 13.0 Å². The molecular formula is C37H46N8O. The number of imidazole rings is 1. The summed E-state index contributed by atoms with van der Waals surface area (Å²) in [6.07, 6.45) is 12.1. The zero-order valence-electron chi connectivity index (χ0n) is 27.2. The van der Waals surface area contributed by atoms with Crippen molar-refractivity contribution >= 4 is 22.8 Å². The van der Waals surface area contributed by atoms with Gasteiger partial charge in [-0.3, -0.25) is 4.90 Å². The Morgan fingerprint density at radius 2 is 1.72 bits per heavy atom. The number of anilines is 1. The normalized spacial score (nSPS) is 13.7. The molecule has 0 radical (unpaired) electrons. The minimum Gasteiger partial charge on any atom is -0.335 e. The number of carbonyl (C=O) groups is 1. The van der Waals surface area contributed by atoms with Crippen LogP contribution in [0, 0.1) is 0 Å². The highest BCUT2D eigenvalue weighted by atomic mass is 16.2. The first-order chi connectivity index (χ1) is 22.6. The number of carbonyl (C=O) groups excluding carboxylic acids is 1. The standard InChI is InChI=1S/C37H46N8O/c1-3-5-12-24-44(37(46)38-29-13-8-7-9-14-29)30-22-23-34-33(25-30)39-35(17-6-4-2)45(34)26-27-18-20-28(21-19-27)31-15-10-11-16-32(31)36-40-42-43-41-36/h10-11,15-16,18-23,25,29H,3-9,12-14,17,24,26H2,1-2H3,(H,38,46)(H,40,41,42,43). The zero-order chi connectivity index (χ0) is 31.7. The molecule has 3 aromatic carbocycles. The molecule has 9 heteroatoms. The molecule has 0 saturated heterocycles. The van der Waals surface area contributed by atoms with Gasteiger partial charge in [-0.15, -0.1) is 10.2 Å². The molecule has 2 amide bonds. The number of fused-ring (bicyclic) bond motifs is 1. The fourth-order valence-electron chi connectivity index (χ4n) is 6.58. The van der Waals surface area contributed by atoms with E-state index in [-0.39, 0.29) is 12.1 Å². The summed E-state index contributed by atoms with van der Waals surface area (Å²) >= 11 is 0. The Balaban J connectivity index is 1.27. The van der Waals surface area contributed by atoms with Gasteiger partial charge in [0.2, 0.25) is 5.82 Å². The first-order valence-corrected chi connectivity index (χ1v) is 17.1. The third-order valence-electron chi connectivity index (χ3n) is 9.16. The van der Waals surface area contributed by atoms with Gasteiger partial charge in [0.15, 0.2) is 0 Å². The second-order valence-electron chi connectivity index (χ2n) is 12.5. The number of aromatic amines is 1. The molecular weight excluding hydrogens is 572 g/mol. The van der Waals surface area contributed by atoms with E-state index in [2.05, 4.69) is 92.9 Å². The van der Waals surface area contributed by atoms with Gasteiger partial charge in [-0.25, -0.2) is 9.78 Å². The third kappa shape index (κ3) is 7.30. The molecule has 0 unspecified atom stereocenters. The number of nitrogens with one attached hydrogen (secondary N) is 2. The van der Waals surface area contributed by atoms with E-state index in [4.69, 9.17) is 4.98 Å². The summed E-state index contributed by atoms with van der Waals surface area (Å²) in [5, 5.41) is 18.0.